The summed E-state index contributed by atoms with van der Waals surface area (Å²) in [5.74, 6) is 1.10. The van der Waals surface area contributed by atoms with Gasteiger partial charge in [0, 0.05) is 11.1 Å². The molecule has 0 saturated heterocycles. The lowest BCUT2D eigenvalue weighted by atomic mass is 9.95. The molecule has 0 bridgehead atoms. The first-order valence-electron chi connectivity index (χ1n) is 5.49. The molecule has 5 heteroatoms. The SMILES string of the molecule is NC(=O)C1(Cc2cc3c(cc2Cl)OCO3)CC1. The lowest BCUT2D eigenvalue weighted by molar-refractivity contribution is -0.123. The maximum absolute atomic E-state index is 11.4. The number of primary amides is 1. The minimum atomic E-state index is -0.392. The molecule has 90 valence electrons. The zero-order valence-corrected chi connectivity index (χ0v) is 9.92. The van der Waals surface area contributed by atoms with Gasteiger partial charge in [0.15, 0.2) is 11.5 Å². The van der Waals surface area contributed by atoms with Crippen LogP contribution in [-0.4, -0.2) is 12.7 Å². The highest BCUT2D eigenvalue weighted by molar-refractivity contribution is 6.31. The molecule has 17 heavy (non-hydrogen) atoms. The third kappa shape index (κ3) is 1.72. The molecule has 0 aromatic heterocycles. The number of hydrogen-bond acceptors (Lipinski definition) is 3. The fourth-order valence-corrected chi connectivity index (χ4v) is 2.34. The maximum Gasteiger partial charge on any atom is 0.231 e. The van der Waals surface area contributed by atoms with Gasteiger partial charge in [-0.3, -0.25) is 4.79 Å². The quantitative estimate of drug-likeness (QED) is 0.895. The average Bonchev–Trinajstić information content (AvgIpc) is 2.93. The number of nitrogens with two attached hydrogens (primary N) is 1. The van der Waals surface area contributed by atoms with Gasteiger partial charge in [0.2, 0.25) is 12.7 Å². The number of ether oxygens (including phenoxy) is 2. The first-order chi connectivity index (χ1) is 8.11. The highest BCUT2D eigenvalue weighted by Crippen LogP contribution is 2.50. The molecule has 3 rings (SSSR count). The number of carbonyl (C=O) groups excluding carboxylic acids is 1. The topological polar surface area (TPSA) is 61.6 Å². The summed E-state index contributed by atoms with van der Waals surface area (Å²) in [6.07, 6.45) is 2.26. The number of carbonyl (C=O) groups is 1. The summed E-state index contributed by atoms with van der Waals surface area (Å²) in [7, 11) is 0. The van der Waals surface area contributed by atoms with Crippen molar-refractivity contribution in [3.8, 4) is 11.5 Å². The molecule has 0 unspecified atom stereocenters. The molecule has 1 saturated carbocycles. The van der Waals surface area contributed by atoms with Crippen molar-refractivity contribution in [3.63, 3.8) is 0 Å². The smallest absolute Gasteiger partial charge is 0.231 e. The van der Waals surface area contributed by atoms with Crippen LogP contribution in [0.15, 0.2) is 12.1 Å². The molecule has 1 amide bonds. The molecule has 1 aromatic rings. The molecule has 0 spiro atoms. The standard InChI is InChI=1S/C12H12ClNO3/c13-8-4-10-9(16-6-17-10)3-7(8)5-12(1-2-12)11(14)15/h3-4H,1-2,5-6H2,(H2,14,15). The van der Waals surface area contributed by atoms with Gasteiger partial charge in [0.05, 0.1) is 5.41 Å². The second kappa shape index (κ2) is 3.53. The van der Waals surface area contributed by atoms with E-state index in [1.807, 2.05) is 6.07 Å². The van der Waals surface area contributed by atoms with Crippen LogP contribution in [0.5, 0.6) is 11.5 Å². The Morgan fingerprint density at radius 3 is 2.59 bits per heavy atom. The first kappa shape index (κ1) is 10.7. The predicted molar refractivity (Wildman–Crippen MR) is 62.1 cm³/mol. The van der Waals surface area contributed by atoms with Crippen LogP contribution < -0.4 is 15.2 Å². The molecular weight excluding hydrogens is 242 g/mol. The Labute approximate surface area is 104 Å². The molecular formula is C12H12ClNO3. The van der Waals surface area contributed by atoms with Crippen molar-refractivity contribution in [3.05, 3.63) is 22.7 Å². The van der Waals surface area contributed by atoms with Crippen molar-refractivity contribution in [1.82, 2.24) is 0 Å². The zero-order valence-electron chi connectivity index (χ0n) is 9.16. The molecule has 1 heterocycles. The van der Waals surface area contributed by atoms with Crippen LogP contribution in [0.2, 0.25) is 5.02 Å². The van der Waals surface area contributed by atoms with Crippen molar-refractivity contribution in [1.29, 1.82) is 0 Å². The summed E-state index contributed by atoms with van der Waals surface area (Å²) in [6.45, 7) is 0.218. The van der Waals surface area contributed by atoms with Crippen LogP contribution in [-0.2, 0) is 11.2 Å². The molecule has 4 nitrogen and oxygen atoms in total. The van der Waals surface area contributed by atoms with E-state index in [2.05, 4.69) is 0 Å². The number of amides is 1. The van der Waals surface area contributed by atoms with E-state index in [4.69, 9.17) is 26.8 Å². The van der Waals surface area contributed by atoms with E-state index in [0.29, 0.717) is 22.9 Å². The van der Waals surface area contributed by atoms with Crippen molar-refractivity contribution in [2.24, 2.45) is 11.1 Å². The average molecular weight is 254 g/mol. The highest BCUT2D eigenvalue weighted by atomic mass is 35.5. The van der Waals surface area contributed by atoms with Crippen molar-refractivity contribution >= 4 is 17.5 Å². The Kier molecular flexibility index (Phi) is 2.23. The summed E-state index contributed by atoms with van der Waals surface area (Å²) >= 11 is 6.16. The first-order valence-corrected chi connectivity index (χ1v) is 5.86. The third-order valence-corrected chi connectivity index (χ3v) is 3.80. The largest absolute Gasteiger partial charge is 0.454 e. The summed E-state index contributed by atoms with van der Waals surface area (Å²) in [5, 5.41) is 0.599. The molecule has 1 fully saturated rings. The number of fused-ring (bicyclic) bond motifs is 1. The van der Waals surface area contributed by atoms with E-state index in [1.165, 1.54) is 0 Å². The van der Waals surface area contributed by atoms with Crippen molar-refractivity contribution in [2.45, 2.75) is 19.3 Å². The molecule has 0 atom stereocenters. The fourth-order valence-electron chi connectivity index (χ4n) is 2.12. The summed E-state index contributed by atoms with van der Waals surface area (Å²) < 4.78 is 10.5. The maximum atomic E-state index is 11.4. The Hall–Kier alpha value is -1.42. The third-order valence-electron chi connectivity index (χ3n) is 3.45. The lowest BCUT2D eigenvalue weighted by Gasteiger charge is -2.12. The fraction of sp³-hybridized carbons (Fsp3) is 0.417. The summed E-state index contributed by atoms with van der Waals surface area (Å²) in [5.41, 5.74) is 5.91. The van der Waals surface area contributed by atoms with Gasteiger partial charge in [-0.15, -0.1) is 0 Å². The second-order valence-corrected chi connectivity index (χ2v) is 5.03. The van der Waals surface area contributed by atoms with Gasteiger partial charge in [-0.1, -0.05) is 11.6 Å². The van der Waals surface area contributed by atoms with Gasteiger partial charge < -0.3 is 15.2 Å². The summed E-state index contributed by atoms with van der Waals surface area (Å²) in [6, 6.07) is 3.57. The number of rotatable bonds is 3. The van der Waals surface area contributed by atoms with E-state index in [9.17, 15) is 4.79 Å². The highest BCUT2D eigenvalue weighted by Gasteiger charge is 2.48. The monoisotopic (exact) mass is 253 g/mol. The van der Waals surface area contributed by atoms with Crippen LogP contribution in [0.25, 0.3) is 0 Å². The normalized spacial score (nSPS) is 19.1. The van der Waals surface area contributed by atoms with Gasteiger partial charge in [-0.25, -0.2) is 0 Å². The van der Waals surface area contributed by atoms with Gasteiger partial charge in [-0.05, 0) is 30.9 Å². The van der Waals surface area contributed by atoms with Gasteiger partial charge in [0.25, 0.3) is 0 Å². The van der Waals surface area contributed by atoms with Gasteiger partial charge >= 0.3 is 0 Å². The van der Waals surface area contributed by atoms with Crippen molar-refractivity contribution in [2.75, 3.05) is 6.79 Å². The van der Waals surface area contributed by atoms with Crippen molar-refractivity contribution < 1.29 is 14.3 Å². The number of hydrogen-bond donors (Lipinski definition) is 1. The Morgan fingerprint density at radius 1 is 1.35 bits per heavy atom. The number of benzene rings is 1. The van der Waals surface area contributed by atoms with E-state index < -0.39 is 5.41 Å². The molecule has 1 aromatic carbocycles. The van der Waals surface area contributed by atoms with Gasteiger partial charge in [-0.2, -0.15) is 0 Å². The van der Waals surface area contributed by atoms with Crippen LogP contribution in [0.1, 0.15) is 18.4 Å². The minimum Gasteiger partial charge on any atom is -0.454 e. The van der Waals surface area contributed by atoms with Gasteiger partial charge in [0.1, 0.15) is 0 Å². The molecule has 1 aliphatic heterocycles. The summed E-state index contributed by atoms with van der Waals surface area (Å²) in [4.78, 5) is 11.4. The predicted octanol–water partition coefficient (Wildman–Crippen LogP) is 1.88. The molecule has 2 N–H and O–H groups in total. The van der Waals surface area contributed by atoms with E-state index in [-0.39, 0.29) is 12.7 Å². The van der Waals surface area contributed by atoms with Crippen LogP contribution in [0, 0.1) is 5.41 Å². The minimum absolute atomic E-state index is 0.218. The van der Waals surface area contributed by atoms with Crippen LogP contribution in [0.4, 0.5) is 0 Å². The van der Waals surface area contributed by atoms with Crippen LogP contribution >= 0.6 is 11.6 Å². The Balaban J connectivity index is 1.91. The Bertz CT molecular complexity index is 497. The van der Waals surface area contributed by atoms with E-state index >= 15 is 0 Å². The second-order valence-electron chi connectivity index (χ2n) is 4.62. The molecule has 1 aliphatic carbocycles. The Morgan fingerprint density at radius 2 is 2.00 bits per heavy atom. The molecule has 0 radical (unpaired) electrons. The van der Waals surface area contributed by atoms with E-state index in [1.54, 1.807) is 6.07 Å². The lowest BCUT2D eigenvalue weighted by Crippen LogP contribution is -2.26. The molecule has 2 aliphatic rings. The van der Waals surface area contributed by atoms with Crippen LogP contribution in [0.3, 0.4) is 0 Å². The number of halogens is 1. The zero-order chi connectivity index (χ0) is 12.0. The van der Waals surface area contributed by atoms with E-state index in [0.717, 1.165) is 18.4 Å².